The van der Waals surface area contributed by atoms with Gasteiger partial charge >= 0.3 is 0 Å². The van der Waals surface area contributed by atoms with Gasteiger partial charge in [-0.15, -0.1) is 0 Å². The lowest BCUT2D eigenvalue weighted by Gasteiger charge is -2.27. The molecule has 12 heteroatoms. The van der Waals surface area contributed by atoms with Gasteiger partial charge in [0.2, 0.25) is 5.82 Å². The van der Waals surface area contributed by atoms with Gasteiger partial charge in [-0.2, -0.15) is 10.2 Å². The Bertz CT molecular complexity index is 1510. The zero-order valence-electron chi connectivity index (χ0n) is 18.8. The van der Waals surface area contributed by atoms with E-state index in [2.05, 4.69) is 20.0 Å². The van der Waals surface area contributed by atoms with E-state index in [4.69, 9.17) is 14.0 Å². The fourth-order valence-electron chi connectivity index (χ4n) is 4.77. The molecule has 0 radical (unpaired) electrons. The largest absolute Gasteiger partial charge is 0.379 e. The molecule has 0 N–H and O–H groups in total. The third-order valence-corrected chi connectivity index (χ3v) is 6.56. The van der Waals surface area contributed by atoms with Crippen molar-refractivity contribution in [2.75, 3.05) is 39.5 Å². The van der Waals surface area contributed by atoms with Gasteiger partial charge in [0.1, 0.15) is 41.1 Å². The average molecular weight is 479 g/mol. The lowest BCUT2D eigenvalue weighted by atomic mass is 10.1. The fourth-order valence-corrected chi connectivity index (χ4v) is 4.77. The van der Waals surface area contributed by atoms with E-state index in [0.29, 0.717) is 37.8 Å². The number of nitrogens with zero attached hydrogens (tertiary/aromatic N) is 7. The predicted octanol–water partition coefficient (Wildman–Crippen LogP) is 1.89. The molecule has 1 unspecified atom stereocenters. The summed E-state index contributed by atoms with van der Waals surface area (Å²) in [6, 6.07) is 4.69. The molecule has 4 aromatic rings. The Morgan fingerprint density at radius 3 is 2.80 bits per heavy atom. The van der Waals surface area contributed by atoms with E-state index >= 15 is 0 Å². The molecule has 1 aromatic carbocycles. The zero-order chi connectivity index (χ0) is 23.9. The topological polar surface area (TPSA) is 124 Å². The smallest absolute Gasteiger partial charge is 0.277 e. The van der Waals surface area contributed by atoms with Crippen molar-refractivity contribution in [2.24, 2.45) is 0 Å². The zero-order valence-corrected chi connectivity index (χ0v) is 18.8. The number of fused-ring (bicyclic) bond motifs is 3. The molecule has 0 amide bonds. The fraction of sp³-hybridized carbons (Fsp3) is 0.435. The summed E-state index contributed by atoms with van der Waals surface area (Å²) in [7, 11) is 0. The number of morpholine rings is 1. The molecular formula is C23H22FN7O4. The van der Waals surface area contributed by atoms with Crippen molar-refractivity contribution in [3.8, 4) is 17.6 Å². The van der Waals surface area contributed by atoms with Crippen LogP contribution >= 0.6 is 0 Å². The van der Waals surface area contributed by atoms with Crippen LogP contribution in [0.3, 0.4) is 0 Å². The number of halogens is 1. The number of benzene rings is 1. The first-order chi connectivity index (χ1) is 17.2. The maximum atomic E-state index is 14.6. The van der Waals surface area contributed by atoms with Gasteiger partial charge in [0.25, 0.3) is 11.4 Å². The molecule has 2 saturated heterocycles. The molecule has 2 aliphatic heterocycles. The van der Waals surface area contributed by atoms with Gasteiger partial charge < -0.3 is 18.6 Å². The van der Waals surface area contributed by atoms with Crippen LogP contribution in [0.2, 0.25) is 0 Å². The number of ether oxygens (including phenoxy) is 2. The van der Waals surface area contributed by atoms with Crippen LogP contribution in [-0.4, -0.2) is 68.4 Å². The molecular weight excluding hydrogens is 457 g/mol. The number of rotatable bonds is 5. The Balaban J connectivity index is 1.52. The first-order valence-corrected chi connectivity index (χ1v) is 11.5. The minimum Gasteiger partial charge on any atom is -0.379 e. The molecule has 0 spiro atoms. The molecule has 5 heterocycles. The van der Waals surface area contributed by atoms with Crippen LogP contribution in [0.1, 0.15) is 30.4 Å². The van der Waals surface area contributed by atoms with E-state index in [-0.39, 0.29) is 40.8 Å². The molecule has 11 nitrogen and oxygen atoms in total. The van der Waals surface area contributed by atoms with Crippen LogP contribution in [0.25, 0.3) is 28.1 Å². The van der Waals surface area contributed by atoms with Crippen LogP contribution in [0.15, 0.2) is 27.8 Å². The third-order valence-electron chi connectivity index (χ3n) is 6.56. The maximum absolute atomic E-state index is 14.6. The number of nitriles is 1. The Morgan fingerprint density at radius 1 is 1.17 bits per heavy atom. The van der Waals surface area contributed by atoms with Gasteiger partial charge in [0, 0.05) is 32.8 Å². The SMILES string of the molecule is N#Cc1c(F)ccc2c1n(CCN1CCOCC1)c(=O)c1c(-c3noc(C4CCCO4)n3)ncn12. The summed E-state index contributed by atoms with van der Waals surface area (Å²) < 4.78 is 34.0. The second-order valence-corrected chi connectivity index (χ2v) is 8.58. The Kier molecular flexibility index (Phi) is 5.52. The van der Waals surface area contributed by atoms with Crippen LogP contribution in [0.5, 0.6) is 0 Å². The van der Waals surface area contributed by atoms with Gasteiger partial charge in [0.05, 0.1) is 24.2 Å². The Labute approximate surface area is 198 Å². The number of hydrogen-bond acceptors (Lipinski definition) is 9. The average Bonchev–Trinajstić information content (AvgIpc) is 3.65. The minimum atomic E-state index is -0.682. The van der Waals surface area contributed by atoms with Crippen LogP contribution in [-0.2, 0) is 16.0 Å². The van der Waals surface area contributed by atoms with Crippen molar-refractivity contribution < 1.29 is 18.4 Å². The molecule has 1 atom stereocenters. The lowest BCUT2D eigenvalue weighted by Crippen LogP contribution is -2.39. The van der Waals surface area contributed by atoms with E-state index in [0.717, 1.165) is 25.9 Å². The lowest BCUT2D eigenvalue weighted by molar-refractivity contribution is 0.0364. The Hall–Kier alpha value is -3.66. The van der Waals surface area contributed by atoms with Gasteiger partial charge in [-0.3, -0.25) is 14.1 Å². The highest BCUT2D eigenvalue weighted by Gasteiger charge is 2.27. The molecule has 180 valence electrons. The minimum absolute atomic E-state index is 0.178. The Morgan fingerprint density at radius 2 is 2.03 bits per heavy atom. The number of hydrogen-bond donors (Lipinski definition) is 0. The van der Waals surface area contributed by atoms with Crippen molar-refractivity contribution in [3.63, 3.8) is 0 Å². The molecule has 6 rings (SSSR count). The van der Waals surface area contributed by atoms with Crippen molar-refractivity contribution in [1.82, 2.24) is 29.0 Å². The van der Waals surface area contributed by atoms with Crippen LogP contribution in [0, 0.1) is 17.1 Å². The standard InChI is InChI=1S/C23H22FN7O4/c24-15-3-4-16-19(14(15)12-25)30(6-5-29-7-10-33-11-8-29)23(32)20-18(26-13-31(16)20)21-27-22(35-28-21)17-2-1-9-34-17/h3-4,13,17H,1-2,5-11H2. The maximum Gasteiger partial charge on any atom is 0.277 e. The predicted molar refractivity (Wildman–Crippen MR) is 120 cm³/mol. The van der Waals surface area contributed by atoms with Gasteiger partial charge in [0.15, 0.2) is 0 Å². The summed E-state index contributed by atoms with van der Waals surface area (Å²) in [5, 5.41) is 13.8. The summed E-state index contributed by atoms with van der Waals surface area (Å²) >= 11 is 0. The normalized spacial score (nSPS) is 19.0. The van der Waals surface area contributed by atoms with Crippen LogP contribution in [0.4, 0.5) is 4.39 Å². The number of aromatic nitrogens is 5. The van der Waals surface area contributed by atoms with E-state index in [1.54, 1.807) is 10.5 Å². The summed E-state index contributed by atoms with van der Waals surface area (Å²) in [6.07, 6.45) is 2.89. The summed E-state index contributed by atoms with van der Waals surface area (Å²) in [4.78, 5) is 24.8. The quantitative estimate of drug-likeness (QED) is 0.422. The monoisotopic (exact) mass is 479 g/mol. The van der Waals surface area contributed by atoms with Crippen molar-refractivity contribution in [3.05, 3.63) is 46.1 Å². The van der Waals surface area contributed by atoms with Gasteiger partial charge in [-0.05, 0) is 25.0 Å². The van der Waals surface area contributed by atoms with Crippen molar-refractivity contribution >= 4 is 16.6 Å². The molecule has 0 aliphatic carbocycles. The highest BCUT2D eigenvalue weighted by atomic mass is 19.1. The molecule has 3 aromatic heterocycles. The highest BCUT2D eigenvalue weighted by molar-refractivity contribution is 5.87. The highest BCUT2D eigenvalue weighted by Crippen LogP contribution is 2.30. The number of imidazole rings is 1. The van der Waals surface area contributed by atoms with E-state index in [1.165, 1.54) is 17.0 Å². The molecule has 0 saturated carbocycles. The van der Waals surface area contributed by atoms with Gasteiger partial charge in [-0.1, -0.05) is 5.16 Å². The first kappa shape index (κ1) is 21.8. The van der Waals surface area contributed by atoms with E-state index < -0.39 is 11.4 Å². The van der Waals surface area contributed by atoms with Crippen molar-refractivity contribution in [1.29, 1.82) is 5.26 Å². The summed E-state index contributed by atoms with van der Waals surface area (Å²) in [5.41, 5.74) is 0.613. The second kappa shape index (κ2) is 8.84. The second-order valence-electron chi connectivity index (χ2n) is 8.58. The van der Waals surface area contributed by atoms with E-state index in [9.17, 15) is 14.4 Å². The molecule has 2 fully saturated rings. The van der Waals surface area contributed by atoms with Crippen LogP contribution < -0.4 is 5.56 Å². The van der Waals surface area contributed by atoms with E-state index in [1.807, 2.05) is 6.07 Å². The molecule has 0 bridgehead atoms. The van der Waals surface area contributed by atoms with Crippen molar-refractivity contribution in [2.45, 2.75) is 25.5 Å². The summed E-state index contributed by atoms with van der Waals surface area (Å²) in [6.45, 7) is 4.15. The summed E-state index contributed by atoms with van der Waals surface area (Å²) in [5.74, 6) is -0.156. The third kappa shape index (κ3) is 3.68. The molecule has 35 heavy (non-hydrogen) atoms. The first-order valence-electron chi connectivity index (χ1n) is 11.5. The van der Waals surface area contributed by atoms with Gasteiger partial charge in [-0.25, -0.2) is 9.37 Å². The molecule has 2 aliphatic rings.